The maximum atomic E-state index is 5.24. The lowest BCUT2D eigenvalue weighted by Gasteiger charge is -2.40. The molecule has 0 aromatic heterocycles. The van der Waals surface area contributed by atoms with Gasteiger partial charge in [-0.2, -0.15) is 0 Å². The first kappa shape index (κ1) is 18.8. The molecular weight excluding hydrogens is 320 g/mol. The van der Waals surface area contributed by atoms with Gasteiger partial charge in [0.25, 0.3) is 0 Å². The van der Waals surface area contributed by atoms with Crippen molar-refractivity contribution < 1.29 is 4.74 Å². The van der Waals surface area contributed by atoms with E-state index in [1.807, 2.05) is 0 Å². The Morgan fingerprint density at radius 3 is 2.31 bits per heavy atom. The van der Waals surface area contributed by atoms with Crippen molar-refractivity contribution in [2.24, 2.45) is 0 Å². The molecular formula is C23H32N2O. The van der Waals surface area contributed by atoms with Crippen molar-refractivity contribution in [1.29, 1.82) is 0 Å². The fourth-order valence-corrected chi connectivity index (χ4v) is 3.83. The van der Waals surface area contributed by atoms with Gasteiger partial charge in [-0.15, -0.1) is 0 Å². The summed E-state index contributed by atoms with van der Waals surface area (Å²) in [6.07, 6.45) is 2.33. The molecule has 2 aromatic rings. The van der Waals surface area contributed by atoms with Gasteiger partial charge < -0.3 is 9.64 Å². The maximum Gasteiger partial charge on any atom is 0.118 e. The number of hydrogen-bond acceptors (Lipinski definition) is 3. The number of methoxy groups -OCH3 is 1. The molecule has 2 aromatic carbocycles. The Morgan fingerprint density at radius 1 is 0.962 bits per heavy atom. The standard InChI is InChI=1S/C23H32N2O/c1-18-6-5-7-23(20(18)3)25-16-14-24(15-17-25)19(2)8-9-21-10-12-22(26-4)13-11-21/h5-7,10-13,19H,8-9,14-17H2,1-4H3/t19-/m1/s1. The number of rotatable bonds is 6. The molecule has 1 aliphatic heterocycles. The minimum atomic E-state index is 0.623. The van der Waals surface area contributed by atoms with Gasteiger partial charge in [-0.05, 0) is 68.5 Å². The minimum Gasteiger partial charge on any atom is -0.497 e. The highest BCUT2D eigenvalue weighted by molar-refractivity contribution is 5.56. The second-order valence-electron chi connectivity index (χ2n) is 7.48. The zero-order valence-electron chi connectivity index (χ0n) is 16.7. The van der Waals surface area contributed by atoms with Crippen LogP contribution in [0.25, 0.3) is 0 Å². The summed E-state index contributed by atoms with van der Waals surface area (Å²) in [5.41, 5.74) is 5.62. The molecule has 1 fully saturated rings. The van der Waals surface area contributed by atoms with Crippen molar-refractivity contribution in [2.45, 2.75) is 39.7 Å². The van der Waals surface area contributed by atoms with Crippen molar-refractivity contribution in [3.05, 3.63) is 59.2 Å². The third-order valence-corrected chi connectivity index (χ3v) is 5.86. The van der Waals surface area contributed by atoms with Crippen molar-refractivity contribution >= 4 is 5.69 Å². The lowest BCUT2D eigenvalue weighted by Crippen LogP contribution is -2.50. The highest BCUT2D eigenvalue weighted by Crippen LogP contribution is 2.24. The van der Waals surface area contributed by atoms with E-state index in [4.69, 9.17) is 4.74 Å². The summed E-state index contributed by atoms with van der Waals surface area (Å²) < 4.78 is 5.24. The van der Waals surface area contributed by atoms with E-state index in [0.717, 1.165) is 38.3 Å². The summed E-state index contributed by atoms with van der Waals surface area (Å²) in [7, 11) is 1.72. The Kier molecular flexibility index (Phi) is 6.20. The van der Waals surface area contributed by atoms with E-state index in [9.17, 15) is 0 Å². The average Bonchev–Trinajstić information content (AvgIpc) is 2.69. The third-order valence-electron chi connectivity index (χ3n) is 5.86. The van der Waals surface area contributed by atoms with Gasteiger partial charge in [0.2, 0.25) is 0 Å². The van der Waals surface area contributed by atoms with Crippen molar-refractivity contribution in [3.8, 4) is 5.75 Å². The molecule has 0 saturated carbocycles. The molecule has 0 bridgehead atoms. The van der Waals surface area contributed by atoms with Crippen LogP contribution in [-0.2, 0) is 6.42 Å². The molecule has 140 valence electrons. The Morgan fingerprint density at radius 2 is 1.65 bits per heavy atom. The summed E-state index contributed by atoms with van der Waals surface area (Å²) >= 11 is 0. The predicted molar refractivity (Wildman–Crippen MR) is 110 cm³/mol. The van der Waals surface area contributed by atoms with Crippen molar-refractivity contribution in [2.75, 3.05) is 38.2 Å². The van der Waals surface area contributed by atoms with Gasteiger partial charge in [0.1, 0.15) is 5.75 Å². The lowest BCUT2D eigenvalue weighted by atomic mass is 10.0. The van der Waals surface area contributed by atoms with Crippen LogP contribution in [0.5, 0.6) is 5.75 Å². The topological polar surface area (TPSA) is 15.7 Å². The second kappa shape index (κ2) is 8.59. The van der Waals surface area contributed by atoms with E-state index >= 15 is 0 Å². The van der Waals surface area contributed by atoms with Crippen LogP contribution in [0.1, 0.15) is 30.0 Å². The van der Waals surface area contributed by atoms with Gasteiger partial charge in [0, 0.05) is 37.9 Å². The average molecular weight is 353 g/mol. The summed E-state index contributed by atoms with van der Waals surface area (Å²) in [5, 5.41) is 0. The highest BCUT2D eigenvalue weighted by Gasteiger charge is 2.22. The third kappa shape index (κ3) is 4.39. The molecule has 3 nitrogen and oxygen atoms in total. The normalized spacial score (nSPS) is 16.5. The fourth-order valence-electron chi connectivity index (χ4n) is 3.83. The fraction of sp³-hybridized carbons (Fsp3) is 0.478. The molecule has 0 amide bonds. The second-order valence-corrected chi connectivity index (χ2v) is 7.48. The molecule has 3 heteroatoms. The molecule has 0 aliphatic carbocycles. The molecule has 0 radical (unpaired) electrons. The van der Waals surface area contributed by atoms with Crippen LogP contribution >= 0.6 is 0 Å². The highest BCUT2D eigenvalue weighted by atomic mass is 16.5. The van der Waals surface area contributed by atoms with Crippen LogP contribution in [0, 0.1) is 13.8 Å². The van der Waals surface area contributed by atoms with Crippen LogP contribution in [0.2, 0.25) is 0 Å². The number of ether oxygens (including phenoxy) is 1. The lowest BCUT2D eigenvalue weighted by molar-refractivity contribution is 0.188. The zero-order chi connectivity index (χ0) is 18.5. The summed E-state index contributed by atoms with van der Waals surface area (Å²) in [6, 6.07) is 15.8. The van der Waals surface area contributed by atoms with Crippen LogP contribution in [0.3, 0.4) is 0 Å². The van der Waals surface area contributed by atoms with Gasteiger partial charge in [0.15, 0.2) is 0 Å². The largest absolute Gasteiger partial charge is 0.497 e. The van der Waals surface area contributed by atoms with Crippen LogP contribution in [0.15, 0.2) is 42.5 Å². The molecule has 0 spiro atoms. The maximum absolute atomic E-state index is 5.24. The van der Waals surface area contributed by atoms with Crippen molar-refractivity contribution in [3.63, 3.8) is 0 Å². The molecule has 1 atom stereocenters. The van der Waals surface area contributed by atoms with Gasteiger partial charge in [0.05, 0.1) is 7.11 Å². The van der Waals surface area contributed by atoms with E-state index in [1.165, 1.54) is 28.8 Å². The first-order valence-corrected chi connectivity index (χ1v) is 9.76. The number of aryl methyl sites for hydroxylation is 2. The Hall–Kier alpha value is -2.00. The zero-order valence-corrected chi connectivity index (χ0v) is 16.7. The van der Waals surface area contributed by atoms with Crippen LogP contribution < -0.4 is 9.64 Å². The number of nitrogens with zero attached hydrogens (tertiary/aromatic N) is 2. The van der Waals surface area contributed by atoms with Gasteiger partial charge in [-0.1, -0.05) is 24.3 Å². The van der Waals surface area contributed by atoms with Crippen LogP contribution in [-0.4, -0.2) is 44.2 Å². The van der Waals surface area contributed by atoms with Crippen molar-refractivity contribution in [1.82, 2.24) is 4.90 Å². The SMILES string of the molecule is COc1ccc(CC[C@@H](C)N2CCN(c3cccc(C)c3C)CC2)cc1. The molecule has 0 unspecified atom stereocenters. The van der Waals surface area contributed by atoms with E-state index in [-0.39, 0.29) is 0 Å². The molecule has 1 aliphatic rings. The number of benzene rings is 2. The molecule has 0 N–H and O–H groups in total. The number of hydrogen-bond donors (Lipinski definition) is 0. The first-order chi connectivity index (χ1) is 12.6. The number of piperazine rings is 1. The van der Waals surface area contributed by atoms with E-state index in [1.54, 1.807) is 7.11 Å². The monoisotopic (exact) mass is 352 g/mol. The molecule has 26 heavy (non-hydrogen) atoms. The van der Waals surface area contributed by atoms with E-state index in [0.29, 0.717) is 6.04 Å². The Balaban J connectivity index is 1.50. The summed E-state index contributed by atoms with van der Waals surface area (Å²) in [4.78, 5) is 5.19. The Labute approximate surface area is 158 Å². The summed E-state index contributed by atoms with van der Waals surface area (Å²) in [5.74, 6) is 0.935. The predicted octanol–water partition coefficient (Wildman–Crippen LogP) is 4.46. The first-order valence-electron chi connectivity index (χ1n) is 9.76. The van der Waals surface area contributed by atoms with Crippen LogP contribution in [0.4, 0.5) is 5.69 Å². The minimum absolute atomic E-state index is 0.623. The van der Waals surface area contributed by atoms with Gasteiger partial charge in [-0.25, -0.2) is 0 Å². The van der Waals surface area contributed by atoms with E-state index < -0.39 is 0 Å². The molecule has 3 rings (SSSR count). The molecule has 1 heterocycles. The quantitative estimate of drug-likeness (QED) is 0.764. The summed E-state index contributed by atoms with van der Waals surface area (Å²) in [6.45, 7) is 11.4. The van der Waals surface area contributed by atoms with E-state index in [2.05, 4.69) is 73.0 Å². The van der Waals surface area contributed by atoms with Gasteiger partial charge in [-0.3, -0.25) is 4.90 Å². The Bertz CT molecular complexity index is 703. The smallest absolute Gasteiger partial charge is 0.118 e. The van der Waals surface area contributed by atoms with Gasteiger partial charge >= 0.3 is 0 Å². The number of anilines is 1. The molecule has 1 saturated heterocycles.